The molecule has 0 amide bonds. The van der Waals surface area contributed by atoms with Gasteiger partial charge in [-0.05, 0) is 12.5 Å². The highest BCUT2D eigenvalue weighted by molar-refractivity contribution is 5.09. The average Bonchev–Trinajstić information content (AvgIpc) is 2.14. The summed E-state index contributed by atoms with van der Waals surface area (Å²) < 4.78 is 5.31. The Kier molecular flexibility index (Phi) is 3.92. The molecule has 0 bridgehead atoms. The van der Waals surface area contributed by atoms with Crippen LogP contribution in [-0.4, -0.2) is 11.6 Å². The highest BCUT2D eigenvalue weighted by Crippen LogP contribution is 2.02. The SMILES string of the molecule is CC/C=C\COc1ccccn1. The van der Waals surface area contributed by atoms with Gasteiger partial charge in [0.05, 0.1) is 0 Å². The fourth-order valence-corrected chi connectivity index (χ4v) is 0.801. The van der Waals surface area contributed by atoms with Crippen LogP contribution < -0.4 is 4.74 Å². The molecular weight excluding hydrogens is 150 g/mol. The van der Waals surface area contributed by atoms with E-state index in [9.17, 15) is 0 Å². The van der Waals surface area contributed by atoms with Crippen LogP contribution in [0, 0.1) is 0 Å². The van der Waals surface area contributed by atoms with Crippen LogP contribution in [0.3, 0.4) is 0 Å². The van der Waals surface area contributed by atoms with Gasteiger partial charge in [0.2, 0.25) is 5.88 Å². The third-order valence-corrected chi connectivity index (χ3v) is 1.37. The average molecular weight is 163 g/mol. The van der Waals surface area contributed by atoms with Gasteiger partial charge in [-0.1, -0.05) is 25.1 Å². The van der Waals surface area contributed by atoms with Gasteiger partial charge in [-0.25, -0.2) is 4.98 Å². The number of hydrogen-bond donors (Lipinski definition) is 0. The molecule has 0 unspecified atom stereocenters. The van der Waals surface area contributed by atoms with E-state index in [1.54, 1.807) is 6.20 Å². The summed E-state index contributed by atoms with van der Waals surface area (Å²) in [6, 6.07) is 5.63. The van der Waals surface area contributed by atoms with Crippen molar-refractivity contribution in [3.05, 3.63) is 36.5 Å². The van der Waals surface area contributed by atoms with Crippen molar-refractivity contribution in [2.24, 2.45) is 0 Å². The van der Waals surface area contributed by atoms with Gasteiger partial charge < -0.3 is 4.74 Å². The van der Waals surface area contributed by atoms with Crippen molar-refractivity contribution in [1.29, 1.82) is 0 Å². The lowest BCUT2D eigenvalue weighted by atomic mass is 10.4. The molecule has 0 aliphatic heterocycles. The molecule has 0 N–H and O–H groups in total. The van der Waals surface area contributed by atoms with Gasteiger partial charge in [0, 0.05) is 12.3 Å². The topological polar surface area (TPSA) is 22.1 Å². The number of hydrogen-bond acceptors (Lipinski definition) is 2. The van der Waals surface area contributed by atoms with Crippen molar-refractivity contribution in [3.8, 4) is 5.88 Å². The maximum absolute atomic E-state index is 5.31. The molecule has 1 aromatic heterocycles. The van der Waals surface area contributed by atoms with Gasteiger partial charge in [-0.3, -0.25) is 0 Å². The fourth-order valence-electron chi connectivity index (χ4n) is 0.801. The van der Waals surface area contributed by atoms with Gasteiger partial charge in [0.25, 0.3) is 0 Å². The predicted molar refractivity (Wildman–Crippen MR) is 49.2 cm³/mol. The summed E-state index contributed by atoms with van der Waals surface area (Å²) >= 11 is 0. The van der Waals surface area contributed by atoms with E-state index in [1.165, 1.54) is 0 Å². The molecule has 1 rings (SSSR count). The smallest absolute Gasteiger partial charge is 0.213 e. The Morgan fingerprint density at radius 3 is 3.00 bits per heavy atom. The van der Waals surface area contributed by atoms with E-state index in [4.69, 9.17) is 4.74 Å². The number of ether oxygens (including phenoxy) is 1. The highest BCUT2D eigenvalue weighted by atomic mass is 16.5. The summed E-state index contributed by atoms with van der Waals surface area (Å²) in [4.78, 5) is 4.02. The molecule has 0 radical (unpaired) electrons. The minimum atomic E-state index is 0.602. The lowest BCUT2D eigenvalue weighted by Crippen LogP contribution is -1.94. The summed E-state index contributed by atoms with van der Waals surface area (Å²) in [7, 11) is 0. The van der Waals surface area contributed by atoms with E-state index >= 15 is 0 Å². The Labute approximate surface area is 72.9 Å². The molecule has 1 heterocycles. The molecule has 0 aliphatic carbocycles. The molecule has 12 heavy (non-hydrogen) atoms. The quantitative estimate of drug-likeness (QED) is 0.636. The van der Waals surface area contributed by atoms with Crippen molar-refractivity contribution in [3.63, 3.8) is 0 Å². The number of allylic oxidation sites excluding steroid dienone is 1. The summed E-state index contributed by atoms with van der Waals surface area (Å²) in [5, 5.41) is 0. The van der Waals surface area contributed by atoms with Crippen LogP contribution >= 0.6 is 0 Å². The van der Waals surface area contributed by atoms with Gasteiger partial charge in [-0.2, -0.15) is 0 Å². The Balaban J connectivity index is 2.29. The van der Waals surface area contributed by atoms with Gasteiger partial charge in [0.1, 0.15) is 6.61 Å². The summed E-state index contributed by atoms with van der Waals surface area (Å²) in [6.07, 6.45) is 6.84. The summed E-state index contributed by atoms with van der Waals surface area (Å²) in [5.74, 6) is 0.679. The first kappa shape index (κ1) is 8.78. The van der Waals surface area contributed by atoms with Crippen LogP contribution in [0.5, 0.6) is 5.88 Å². The first-order valence-corrected chi connectivity index (χ1v) is 4.12. The molecule has 2 heteroatoms. The molecule has 0 saturated heterocycles. The Bertz CT molecular complexity index is 231. The van der Waals surface area contributed by atoms with Crippen LogP contribution in [0.15, 0.2) is 36.5 Å². The number of aromatic nitrogens is 1. The number of pyridine rings is 1. The van der Waals surface area contributed by atoms with Crippen molar-refractivity contribution in [2.75, 3.05) is 6.61 Å². The van der Waals surface area contributed by atoms with Gasteiger partial charge in [-0.15, -0.1) is 0 Å². The molecule has 64 valence electrons. The van der Waals surface area contributed by atoms with E-state index in [0.717, 1.165) is 6.42 Å². The lowest BCUT2D eigenvalue weighted by molar-refractivity contribution is 0.348. The van der Waals surface area contributed by atoms with Crippen molar-refractivity contribution in [1.82, 2.24) is 4.98 Å². The van der Waals surface area contributed by atoms with Gasteiger partial charge >= 0.3 is 0 Å². The largest absolute Gasteiger partial charge is 0.473 e. The molecule has 0 atom stereocenters. The van der Waals surface area contributed by atoms with E-state index in [0.29, 0.717) is 12.5 Å². The molecule has 0 saturated carbocycles. The Morgan fingerprint density at radius 1 is 1.42 bits per heavy atom. The lowest BCUT2D eigenvalue weighted by Gasteiger charge is -1.99. The molecule has 0 spiro atoms. The maximum Gasteiger partial charge on any atom is 0.213 e. The normalized spacial score (nSPS) is 10.4. The van der Waals surface area contributed by atoms with Crippen LogP contribution in [0.25, 0.3) is 0 Å². The summed E-state index contributed by atoms with van der Waals surface area (Å²) in [5.41, 5.74) is 0. The van der Waals surface area contributed by atoms with Crippen LogP contribution in [-0.2, 0) is 0 Å². The first-order valence-electron chi connectivity index (χ1n) is 4.12. The molecular formula is C10H13NO. The molecule has 0 aliphatic rings. The van der Waals surface area contributed by atoms with Crippen LogP contribution in [0.1, 0.15) is 13.3 Å². The third-order valence-electron chi connectivity index (χ3n) is 1.37. The Morgan fingerprint density at radius 2 is 2.33 bits per heavy atom. The van der Waals surface area contributed by atoms with Crippen LogP contribution in [0.2, 0.25) is 0 Å². The number of nitrogens with zero attached hydrogens (tertiary/aromatic N) is 1. The second-order valence-corrected chi connectivity index (χ2v) is 2.36. The monoisotopic (exact) mass is 163 g/mol. The van der Waals surface area contributed by atoms with Gasteiger partial charge in [0.15, 0.2) is 0 Å². The minimum absolute atomic E-state index is 0.602. The van der Waals surface area contributed by atoms with Crippen molar-refractivity contribution >= 4 is 0 Å². The molecule has 0 fully saturated rings. The molecule has 2 nitrogen and oxygen atoms in total. The number of rotatable bonds is 4. The molecule has 1 aromatic rings. The second-order valence-electron chi connectivity index (χ2n) is 2.36. The highest BCUT2D eigenvalue weighted by Gasteiger charge is 1.87. The van der Waals surface area contributed by atoms with E-state index in [2.05, 4.69) is 18.0 Å². The zero-order chi connectivity index (χ0) is 8.65. The second kappa shape index (κ2) is 5.35. The predicted octanol–water partition coefficient (Wildman–Crippen LogP) is 2.43. The van der Waals surface area contributed by atoms with Crippen molar-refractivity contribution in [2.45, 2.75) is 13.3 Å². The summed E-state index contributed by atoms with van der Waals surface area (Å²) in [6.45, 7) is 2.70. The maximum atomic E-state index is 5.31. The zero-order valence-corrected chi connectivity index (χ0v) is 7.23. The fraction of sp³-hybridized carbons (Fsp3) is 0.300. The Hall–Kier alpha value is -1.31. The standard InChI is InChI=1S/C10H13NO/c1-2-3-6-9-12-10-7-4-5-8-11-10/h3-8H,2,9H2,1H3/b6-3-. The van der Waals surface area contributed by atoms with E-state index in [1.807, 2.05) is 24.3 Å². The molecule has 0 aromatic carbocycles. The zero-order valence-electron chi connectivity index (χ0n) is 7.23. The van der Waals surface area contributed by atoms with Crippen LogP contribution in [0.4, 0.5) is 0 Å². The van der Waals surface area contributed by atoms with E-state index < -0.39 is 0 Å². The minimum Gasteiger partial charge on any atom is -0.473 e. The van der Waals surface area contributed by atoms with Crippen molar-refractivity contribution < 1.29 is 4.74 Å². The third kappa shape index (κ3) is 3.19. The first-order chi connectivity index (χ1) is 5.93. The van der Waals surface area contributed by atoms with E-state index in [-0.39, 0.29) is 0 Å².